The third kappa shape index (κ3) is 3.88. The molecule has 0 aliphatic heterocycles. The molecule has 2 rings (SSSR count). The van der Waals surface area contributed by atoms with Crippen molar-refractivity contribution in [1.29, 1.82) is 0 Å². The minimum atomic E-state index is -0.285. The number of Topliss-reactive ketones (excluding diaryl/α,β-unsaturated/α-hetero) is 1. The van der Waals surface area contributed by atoms with Crippen LogP contribution in [0.1, 0.15) is 45.1 Å². The van der Waals surface area contributed by atoms with Crippen LogP contribution in [0.4, 0.5) is 4.39 Å². The fourth-order valence-corrected chi connectivity index (χ4v) is 3.14. The minimum absolute atomic E-state index is 0.117. The number of halogens is 2. The van der Waals surface area contributed by atoms with E-state index in [4.69, 9.17) is 0 Å². The van der Waals surface area contributed by atoms with Crippen LogP contribution < -0.4 is 0 Å². The van der Waals surface area contributed by atoms with Gasteiger partial charge in [0.25, 0.3) is 0 Å². The Hall–Kier alpha value is -0.700. The molecule has 0 heterocycles. The van der Waals surface area contributed by atoms with Crippen LogP contribution in [0.3, 0.4) is 0 Å². The summed E-state index contributed by atoms with van der Waals surface area (Å²) in [7, 11) is 0. The fraction of sp³-hybridized carbons (Fsp3) is 0.562. The Bertz CT molecular complexity index is 472. The van der Waals surface area contributed by atoms with E-state index in [1.165, 1.54) is 6.07 Å². The van der Waals surface area contributed by atoms with Gasteiger partial charge in [0.15, 0.2) is 0 Å². The molecule has 0 unspecified atom stereocenters. The molecule has 1 aliphatic rings. The third-order valence-corrected chi connectivity index (χ3v) is 4.66. The summed E-state index contributed by atoms with van der Waals surface area (Å²) >= 11 is 3.32. The second-order valence-electron chi connectivity index (χ2n) is 6.32. The van der Waals surface area contributed by atoms with Crippen molar-refractivity contribution < 1.29 is 9.18 Å². The largest absolute Gasteiger partial charge is 0.299 e. The van der Waals surface area contributed by atoms with Gasteiger partial charge in [0, 0.05) is 16.8 Å². The van der Waals surface area contributed by atoms with Crippen LogP contribution in [0, 0.1) is 17.2 Å². The first kappa shape index (κ1) is 14.7. The lowest BCUT2D eigenvalue weighted by Crippen LogP contribution is -2.27. The molecule has 0 aromatic heterocycles. The van der Waals surface area contributed by atoms with E-state index in [1.54, 1.807) is 12.1 Å². The van der Waals surface area contributed by atoms with Crippen LogP contribution in [0.2, 0.25) is 0 Å². The number of rotatable bonds is 3. The molecular weight excluding hydrogens is 307 g/mol. The third-order valence-electron chi connectivity index (χ3n) is 4.17. The average Bonchev–Trinajstić information content (AvgIpc) is 2.33. The van der Waals surface area contributed by atoms with Gasteiger partial charge in [0.2, 0.25) is 0 Å². The van der Waals surface area contributed by atoms with E-state index in [2.05, 4.69) is 29.8 Å². The highest BCUT2D eigenvalue weighted by atomic mass is 79.9. The van der Waals surface area contributed by atoms with Crippen LogP contribution in [0.5, 0.6) is 0 Å². The van der Waals surface area contributed by atoms with Crippen LogP contribution in [-0.4, -0.2) is 5.78 Å². The van der Waals surface area contributed by atoms with Gasteiger partial charge >= 0.3 is 0 Å². The van der Waals surface area contributed by atoms with Crippen molar-refractivity contribution >= 4 is 21.7 Å². The van der Waals surface area contributed by atoms with E-state index < -0.39 is 0 Å². The van der Waals surface area contributed by atoms with Crippen molar-refractivity contribution in [3.63, 3.8) is 0 Å². The number of carbonyl (C=O) groups excluding carboxylic acids is 1. The molecule has 0 radical (unpaired) electrons. The van der Waals surface area contributed by atoms with Gasteiger partial charge in [-0.25, -0.2) is 4.39 Å². The summed E-state index contributed by atoms with van der Waals surface area (Å²) in [5.41, 5.74) is 0.863. The molecule has 0 spiro atoms. The zero-order valence-corrected chi connectivity index (χ0v) is 13.1. The van der Waals surface area contributed by atoms with Crippen LogP contribution in [0.15, 0.2) is 22.7 Å². The van der Waals surface area contributed by atoms with Gasteiger partial charge in [-0.3, -0.25) is 4.79 Å². The van der Waals surface area contributed by atoms with Gasteiger partial charge < -0.3 is 0 Å². The average molecular weight is 327 g/mol. The van der Waals surface area contributed by atoms with Gasteiger partial charge in [-0.2, -0.15) is 0 Å². The van der Waals surface area contributed by atoms with Crippen molar-refractivity contribution in [1.82, 2.24) is 0 Å². The van der Waals surface area contributed by atoms with Gasteiger partial charge in [-0.15, -0.1) is 0 Å². The standard InChI is InChI=1S/C16H20BrFO/c1-16(2)7-5-11(6-8-16)15(19)10-12-9-13(17)3-4-14(12)18/h3-4,9,11H,5-8,10H2,1-2H3. The Morgan fingerprint density at radius 2 is 2.00 bits per heavy atom. The zero-order valence-electron chi connectivity index (χ0n) is 11.5. The molecule has 0 atom stereocenters. The maximum atomic E-state index is 13.6. The van der Waals surface area contributed by atoms with Gasteiger partial charge in [0.05, 0.1) is 0 Å². The SMILES string of the molecule is CC1(C)CCC(C(=O)Cc2cc(Br)ccc2F)CC1. The number of benzene rings is 1. The van der Waals surface area contributed by atoms with Crippen molar-refractivity contribution in [3.8, 4) is 0 Å². The number of hydrogen-bond acceptors (Lipinski definition) is 1. The van der Waals surface area contributed by atoms with Gasteiger partial charge in [-0.05, 0) is 54.9 Å². The van der Waals surface area contributed by atoms with E-state index in [0.717, 1.165) is 30.2 Å². The first-order valence-corrected chi connectivity index (χ1v) is 7.63. The molecular formula is C16H20BrFO. The predicted molar refractivity (Wildman–Crippen MR) is 78.6 cm³/mol. The molecule has 0 saturated heterocycles. The number of ketones is 1. The highest BCUT2D eigenvalue weighted by molar-refractivity contribution is 9.10. The Kier molecular flexibility index (Phi) is 4.44. The maximum Gasteiger partial charge on any atom is 0.140 e. The second kappa shape index (κ2) is 5.74. The molecule has 19 heavy (non-hydrogen) atoms. The summed E-state index contributed by atoms with van der Waals surface area (Å²) in [6.45, 7) is 4.50. The van der Waals surface area contributed by atoms with E-state index in [-0.39, 0.29) is 23.9 Å². The summed E-state index contributed by atoms with van der Waals surface area (Å²) in [6.07, 6.45) is 4.29. The summed E-state index contributed by atoms with van der Waals surface area (Å²) in [6, 6.07) is 4.78. The summed E-state index contributed by atoms with van der Waals surface area (Å²) in [5, 5.41) is 0. The molecule has 1 aliphatic carbocycles. The van der Waals surface area contributed by atoms with E-state index in [1.807, 2.05) is 0 Å². The van der Waals surface area contributed by atoms with E-state index in [9.17, 15) is 9.18 Å². The molecule has 0 bridgehead atoms. The highest BCUT2D eigenvalue weighted by Crippen LogP contribution is 2.38. The molecule has 0 amide bonds. The lowest BCUT2D eigenvalue weighted by Gasteiger charge is -2.33. The Morgan fingerprint density at radius 3 is 2.63 bits per heavy atom. The monoisotopic (exact) mass is 326 g/mol. The van der Waals surface area contributed by atoms with Crippen LogP contribution in [-0.2, 0) is 11.2 Å². The van der Waals surface area contributed by atoms with Crippen molar-refractivity contribution in [2.24, 2.45) is 11.3 Å². The molecule has 3 heteroatoms. The predicted octanol–water partition coefficient (Wildman–Crippen LogP) is 4.92. The smallest absolute Gasteiger partial charge is 0.140 e. The van der Waals surface area contributed by atoms with E-state index in [0.29, 0.717) is 11.0 Å². The lowest BCUT2D eigenvalue weighted by molar-refractivity contribution is -0.123. The Labute approximate surface area is 122 Å². The normalized spacial score (nSPS) is 19.4. The Morgan fingerprint density at radius 1 is 1.37 bits per heavy atom. The van der Waals surface area contributed by atoms with Crippen molar-refractivity contribution in [3.05, 3.63) is 34.1 Å². The van der Waals surface area contributed by atoms with Crippen LogP contribution in [0.25, 0.3) is 0 Å². The topological polar surface area (TPSA) is 17.1 Å². The lowest BCUT2D eigenvalue weighted by atomic mass is 9.71. The number of carbonyl (C=O) groups is 1. The van der Waals surface area contributed by atoms with Gasteiger partial charge in [0.1, 0.15) is 11.6 Å². The number of hydrogen-bond donors (Lipinski definition) is 0. The minimum Gasteiger partial charge on any atom is -0.299 e. The zero-order chi connectivity index (χ0) is 14.0. The van der Waals surface area contributed by atoms with E-state index >= 15 is 0 Å². The van der Waals surface area contributed by atoms with Gasteiger partial charge in [-0.1, -0.05) is 29.8 Å². The molecule has 1 aromatic rings. The molecule has 1 aromatic carbocycles. The quantitative estimate of drug-likeness (QED) is 0.770. The second-order valence-corrected chi connectivity index (χ2v) is 7.23. The molecule has 1 fully saturated rings. The van der Waals surface area contributed by atoms with Crippen LogP contribution >= 0.6 is 15.9 Å². The highest BCUT2D eigenvalue weighted by Gasteiger charge is 2.30. The van der Waals surface area contributed by atoms with Crippen molar-refractivity contribution in [2.45, 2.75) is 46.0 Å². The Balaban J connectivity index is 2.00. The summed E-state index contributed by atoms with van der Waals surface area (Å²) in [4.78, 5) is 12.3. The first-order chi connectivity index (χ1) is 8.87. The van der Waals surface area contributed by atoms with Crippen molar-refractivity contribution in [2.75, 3.05) is 0 Å². The first-order valence-electron chi connectivity index (χ1n) is 6.84. The molecule has 1 nitrogen and oxygen atoms in total. The fourth-order valence-electron chi connectivity index (χ4n) is 2.73. The maximum absolute atomic E-state index is 13.6. The molecule has 104 valence electrons. The summed E-state index contributed by atoms with van der Waals surface area (Å²) in [5.74, 6) is 0.0200. The molecule has 1 saturated carbocycles. The summed E-state index contributed by atoms with van der Waals surface area (Å²) < 4.78 is 14.5. The molecule has 0 N–H and O–H groups in total.